The van der Waals surface area contributed by atoms with Gasteiger partial charge in [0.2, 0.25) is 17.0 Å². The van der Waals surface area contributed by atoms with Crippen molar-refractivity contribution >= 4 is 23.6 Å². The Bertz CT molecular complexity index is 637. The number of rotatable bonds is 6. The molecule has 3 heterocycles. The molecule has 1 atom stereocenters. The van der Waals surface area contributed by atoms with E-state index in [0.29, 0.717) is 37.2 Å². The third-order valence-electron chi connectivity index (χ3n) is 5.00. The first-order chi connectivity index (χ1) is 12.0. The maximum Gasteiger partial charge on any atom is 0.233 e. The van der Waals surface area contributed by atoms with Gasteiger partial charge in [-0.05, 0) is 26.2 Å². The Balaban J connectivity index is 1.56. The van der Waals surface area contributed by atoms with Crippen LogP contribution in [0.4, 0.5) is 0 Å². The number of carbonyl (C=O) groups is 2. The highest BCUT2D eigenvalue weighted by Crippen LogP contribution is 2.40. The third kappa shape index (κ3) is 3.98. The van der Waals surface area contributed by atoms with Crippen molar-refractivity contribution in [2.45, 2.75) is 31.3 Å². The fourth-order valence-electron chi connectivity index (χ4n) is 3.64. The predicted molar refractivity (Wildman–Crippen MR) is 93.2 cm³/mol. The molecule has 3 rings (SSSR count). The van der Waals surface area contributed by atoms with Crippen LogP contribution in [0.25, 0.3) is 0 Å². The lowest BCUT2D eigenvalue weighted by molar-refractivity contribution is -0.146. The van der Waals surface area contributed by atoms with Gasteiger partial charge in [-0.3, -0.25) is 14.7 Å². The van der Waals surface area contributed by atoms with Crippen molar-refractivity contribution in [3.05, 3.63) is 5.82 Å². The number of piperidine rings is 1. The monoisotopic (exact) mass is 367 g/mol. The number of carbonyl (C=O) groups excluding carboxylic acids is 2. The van der Waals surface area contributed by atoms with E-state index in [9.17, 15) is 9.59 Å². The molecule has 9 heteroatoms. The summed E-state index contributed by atoms with van der Waals surface area (Å²) in [6.45, 7) is 4.98. The standard InChI is InChI=1S/C16H25N5O3S/c1-12-17-15(19-18-12)25-10-13(22)21-7-5-16(11-21)4-3-6-20(14(16)23)8-9-24-2/h3-11H2,1-2H3,(H,17,18,19)/t16-/m1/s1. The molecule has 2 saturated heterocycles. The molecule has 1 N–H and O–H groups in total. The number of nitrogens with zero attached hydrogens (tertiary/aromatic N) is 4. The van der Waals surface area contributed by atoms with Crippen LogP contribution in [-0.2, 0) is 14.3 Å². The van der Waals surface area contributed by atoms with Crippen molar-refractivity contribution in [2.75, 3.05) is 45.6 Å². The molecule has 2 aliphatic heterocycles. The molecule has 0 aromatic carbocycles. The molecule has 0 unspecified atom stereocenters. The lowest BCUT2D eigenvalue weighted by atomic mass is 9.78. The number of amides is 2. The Morgan fingerprint density at radius 1 is 1.40 bits per heavy atom. The summed E-state index contributed by atoms with van der Waals surface area (Å²) in [4.78, 5) is 33.3. The Morgan fingerprint density at radius 2 is 2.24 bits per heavy atom. The molecular formula is C16H25N5O3S. The molecular weight excluding hydrogens is 342 g/mol. The van der Waals surface area contributed by atoms with E-state index >= 15 is 0 Å². The van der Waals surface area contributed by atoms with Crippen LogP contribution in [0.5, 0.6) is 0 Å². The second kappa shape index (κ2) is 7.74. The summed E-state index contributed by atoms with van der Waals surface area (Å²) in [6.07, 6.45) is 2.61. The Morgan fingerprint density at radius 3 is 2.96 bits per heavy atom. The van der Waals surface area contributed by atoms with E-state index in [2.05, 4.69) is 15.2 Å². The van der Waals surface area contributed by atoms with E-state index in [1.807, 2.05) is 16.7 Å². The van der Waals surface area contributed by atoms with E-state index in [0.717, 1.165) is 31.6 Å². The number of aromatic nitrogens is 3. The van der Waals surface area contributed by atoms with Gasteiger partial charge in [0, 0.05) is 33.3 Å². The number of hydrogen-bond donors (Lipinski definition) is 1. The van der Waals surface area contributed by atoms with Crippen LogP contribution in [0.1, 0.15) is 25.1 Å². The molecule has 1 spiro atoms. The number of hydrogen-bond acceptors (Lipinski definition) is 6. The van der Waals surface area contributed by atoms with Gasteiger partial charge in [0.15, 0.2) is 0 Å². The fourth-order valence-corrected chi connectivity index (χ4v) is 4.38. The number of aryl methyl sites for hydroxylation is 1. The average molecular weight is 367 g/mol. The number of thioether (sulfide) groups is 1. The third-order valence-corrected chi connectivity index (χ3v) is 5.83. The SMILES string of the molecule is COCCN1CCC[C@]2(CCN(C(=O)CSc3n[nH]c(C)n3)C2)C1=O. The molecule has 0 radical (unpaired) electrons. The molecule has 2 fully saturated rings. The molecule has 25 heavy (non-hydrogen) atoms. The minimum Gasteiger partial charge on any atom is -0.383 e. The highest BCUT2D eigenvalue weighted by Gasteiger charge is 2.49. The van der Waals surface area contributed by atoms with Crippen LogP contribution in [0.2, 0.25) is 0 Å². The van der Waals surface area contributed by atoms with Crippen LogP contribution < -0.4 is 0 Å². The van der Waals surface area contributed by atoms with E-state index in [1.165, 1.54) is 11.8 Å². The minimum absolute atomic E-state index is 0.0474. The second-order valence-electron chi connectivity index (χ2n) is 6.73. The van der Waals surface area contributed by atoms with E-state index < -0.39 is 5.41 Å². The molecule has 0 saturated carbocycles. The Labute approximate surface area is 151 Å². The number of H-pyrrole nitrogens is 1. The molecule has 0 bridgehead atoms. The Kier molecular flexibility index (Phi) is 5.63. The first-order valence-electron chi connectivity index (χ1n) is 8.62. The summed E-state index contributed by atoms with van der Waals surface area (Å²) < 4.78 is 5.10. The van der Waals surface area contributed by atoms with Crippen molar-refractivity contribution in [1.29, 1.82) is 0 Å². The zero-order valence-corrected chi connectivity index (χ0v) is 15.6. The highest BCUT2D eigenvalue weighted by molar-refractivity contribution is 7.99. The summed E-state index contributed by atoms with van der Waals surface area (Å²) in [5, 5.41) is 7.38. The maximum absolute atomic E-state index is 12.9. The van der Waals surface area contributed by atoms with Crippen molar-refractivity contribution in [2.24, 2.45) is 5.41 Å². The fraction of sp³-hybridized carbons (Fsp3) is 0.750. The van der Waals surface area contributed by atoms with Crippen molar-refractivity contribution in [3.63, 3.8) is 0 Å². The molecule has 8 nitrogen and oxygen atoms in total. The van der Waals surface area contributed by atoms with Crippen molar-refractivity contribution in [1.82, 2.24) is 25.0 Å². The average Bonchev–Trinajstić information content (AvgIpc) is 3.21. The van der Waals surface area contributed by atoms with Gasteiger partial charge in [-0.2, -0.15) is 0 Å². The molecule has 2 aliphatic rings. The first-order valence-corrected chi connectivity index (χ1v) is 9.60. The van der Waals surface area contributed by atoms with Crippen LogP contribution in [-0.4, -0.2) is 82.4 Å². The molecule has 1 aromatic heterocycles. The van der Waals surface area contributed by atoms with Gasteiger partial charge in [0.25, 0.3) is 0 Å². The quantitative estimate of drug-likeness (QED) is 0.744. The normalized spacial score (nSPS) is 23.7. The van der Waals surface area contributed by atoms with Gasteiger partial charge < -0.3 is 14.5 Å². The summed E-state index contributed by atoms with van der Waals surface area (Å²) >= 11 is 1.33. The van der Waals surface area contributed by atoms with Gasteiger partial charge in [-0.1, -0.05) is 11.8 Å². The second-order valence-corrected chi connectivity index (χ2v) is 7.67. The van der Waals surface area contributed by atoms with Crippen molar-refractivity contribution < 1.29 is 14.3 Å². The van der Waals surface area contributed by atoms with E-state index in [1.54, 1.807) is 7.11 Å². The highest BCUT2D eigenvalue weighted by atomic mass is 32.2. The van der Waals surface area contributed by atoms with Gasteiger partial charge >= 0.3 is 0 Å². The predicted octanol–water partition coefficient (Wildman–Crippen LogP) is 0.693. The van der Waals surface area contributed by atoms with Gasteiger partial charge in [-0.15, -0.1) is 5.10 Å². The van der Waals surface area contributed by atoms with Crippen LogP contribution in [0.15, 0.2) is 5.16 Å². The molecule has 1 aromatic rings. The Hall–Kier alpha value is -1.61. The van der Waals surface area contributed by atoms with Gasteiger partial charge in [0.1, 0.15) is 5.82 Å². The number of likely N-dealkylation sites (tertiary alicyclic amines) is 2. The summed E-state index contributed by atoms with van der Waals surface area (Å²) in [7, 11) is 1.65. The summed E-state index contributed by atoms with van der Waals surface area (Å²) in [5.41, 5.74) is -0.395. The van der Waals surface area contributed by atoms with E-state index in [-0.39, 0.29) is 11.8 Å². The molecule has 2 amide bonds. The zero-order chi connectivity index (χ0) is 17.9. The first kappa shape index (κ1) is 18.2. The number of nitrogens with one attached hydrogen (secondary N) is 1. The number of methoxy groups -OCH3 is 1. The topological polar surface area (TPSA) is 91.4 Å². The lowest BCUT2D eigenvalue weighted by Crippen LogP contribution is -2.51. The zero-order valence-electron chi connectivity index (χ0n) is 14.8. The van der Waals surface area contributed by atoms with Crippen LogP contribution in [0.3, 0.4) is 0 Å². The van der Waals surface area contributed by atoms with Gasteiger partial charge in [0.05, 0.1) is 17.8 Å². The smallest absolute Gasteiger partial charge is 0.233 e. The van der Waals surface area contributed by atoms with Crippen LogP contribution >= 0.6 is 11.8 Å². The number of ether oxygens (including phenoxy) is 1. The lowest BCUT2D eigenvalue weighted by Gasteiger charge is -2.39. The van der Waals surface area contributed by atoms with Crippen molar-refractivity contribution in [3.8, 4) is 0 Å². The maximum atomic E-state index is 12.9. The van der Waals surface area contributed by atoms with Gasteiger partial charge in [-0.25, -0.2) is 4.98 Å². The molecule has 0 aliphatic carbocycles. The number of aromatic amines is 1. The largest absolute Gasteiger partial charge is 0.383 e. The minimum atomic E-state index is -0.395. The van der Waals surface area contributed by atoms with Crippen LogP contribution in [0, 0.1) is 12.3 Å². The summed E-state index contributed by atoms with van der Waals surface area (Å²) in [6, 6.07) is 0. The van der Waals surface area contributed by atoms with E-state index in [4.69, 9.17) is 4.74 Å². The molecule has 138 valence electrons. The summed E-state index contributed by atoms with van der Waals surface area (Å²) in [5.74, 6) is 1.27.